The minimum atomic E-state index is -0.723. The van der Waals surface area contributed by atoms with Crippen LogP contribution in [0.1, 0.15) is 46.5 Å². The van der Waals surface area contributed by atoms with Crippen LogP contribution in [0.4, 0.5) is 0 Å². The third kappa shape index (κ3) is 5.45. The monoisotopic (exact) mass is 299 g/mol. The third-order valence-corrected chi connectivity index (χ3v) is 4.48. The van der Waals surface area contributed by atoms with E-state index in [1.807, 2.05) is 0 Å². The molecule has 1 saturated carbocycles. The van der Waals surface area contributed by atoms with E-state index in [2.05, 4.69) is 5.32 Å². The van der Waals surface area contributed by atoms with Crippen LogP contribution in [0.5, 0.6) is 0 Å². The predicted molar refractivity (Wildman–Crippen MR) is 77.3 cm³/mol. The minimum Gasteiger partial charge on any atom is -0.346 e. The fourth-order valence-electron chi connectivity index (χ4n) is 2.39. The van der Waals surface area contributed by atoms with Crippen molar-refractivity contribution in [3.8, 4) is 0 Å². The van der Waals surface area contributed by atoms with Crippen LogP contribution in [0.2, 0.25) is 0 Å². The van der Waals surface area contributed by atoms with Gasteiger partial charge in [0.25, 0.3) is 0 Å². The van der Waals surface area contributed by atoms with Crippen LogP contribution < -0.4 is 5.32 Å². The molecule has 0 saturated heterocycles. The summed E-state index contributed by atoms with van der Waals surface area (Å²) in [6.45, 7) is 4.30. The van der Waals surface area contributed by atoms with E-state index in [4.69, 9.17) is 0 Å². The normalized spacial score (nSPS) is 23.1. The Hall–Kier alpha value is -1.17. The topological polar surface area (TPSA) is 80.3 Å². The van der Waals surface area contributed by atoms with Gasteiger partial charge in [-0.2, -0.15) is 0 Å². The molecule has 0 aromatic rings. The number of amides is 1. The zero-order valence-corrected chi connectivity index (χ0v) is 12.9. The molecule has 1 aliphatic carbocycles. The van der Waals surface area contributed by atoms with Crippen molar-refractivity contribution < 1.29 is 19.2 Å². The molecule has 0 bridgehead atoms. The van der Waals surface area contributed by atoms with Crippen LogP contribution in [0.25, 0.3) is 0 Å². The van der Waals surface area contributed by atoms with Crippen molar-refractivity contribution in [1.29, 1.82) is 0 Å². The van der Waals surface area contributed by atoms with E-state index < -0.39 is 6.04 Å². The summed E-state index contributed by atoms with van der Waals surface area (Å²) in [5.41, 5.74) is 0. The van der Waals surface area contributed by atoms with E-state index in [0.717, 1.165) is 12.8 Å². The van der Waals surface area contributed by atoms with Crippen molar-refractivity contribution in [2.75, 3.05) is 0 Å². The van der Waals surface area contributed by atoms with E-state index in [1.165, 1.54) is 32.5 Å². The molecule has 0 spiro atoms. The second-order valence-corrected chi connectivity index (χ2v) is 6.80. The first-order chi connectivity index (χ1) is 9.29. The van der Waals surface area contributed by atoms with E-state index in [0.29, 0.717) is 6.42 Å². The number of carbonyl (C=O) groups is 4. The lowest BCUT2D eigenvalue weighted by Gasteiger charge is -2.17. The molecular formula is C14H21NO4S. The fourth-order valence-corrected chi connectivity index (χ4v) is 3.45. The highest BCUT2D eigenvalue weighted by atomic mass is 32.2. The Morgan fingerprint density at radius 3 is 2.30 bits per heavy atom. The summed E-state index contributed by atoms with van der Waals surface area (Å²) < 4.78 is 0. The van der Waals surface area contributed by atoms with Gasteiger partial charge < -0.3 is 5.32 Å². The Labute approximate surface area is 123 Å². The lowest BCUT2D eigenvalue weighted by atomic mass is 10.0. The van der Waals surface area contributed by atoms with Crippen LogP contribution in [-0.2, 0) is 19.2 Å². The lowest BCUT2D eigenvalue weighted by molar-refractivity contribution is -0.130. The van der Waals surface area contributed by atoms with Gasteiger partial charge in [0.1, 0.15) is 5.78 Å². The van der Waals surface area contributed by atoms with Crippen LogP contribution in [0.15, 0.2) is 0 Å². The van der Waals surface area contributed by atoms with Crippen LogP contribution >= 0.6 is 11.8 Å². The van der Waals surface area contributed by atoms with Gasteiger partial charge in [-0.1, -0.05) is 11.8 Å². The third-order valence-electron chi connectivity index (χ3n) is 3.39. The van der Waals surface area contributed by atoms with Gasteiger partial charge >= 0.3 is 0 Å². The average Bonchev–Trinajstić information content (AvgIpc) is 2.74. The van der Waals surface area contributed by atoms with Crippen molar-refractivity contribution in [3.05, 3.63) is 0 Å². The number of hydrogen-bond acceptors (Lipinski definition) is 5. The number of carbonyl (C=O) groups excluding carboxylic acids is 4. The molecule has 1 aliphatic rings. The Kier molecular flexibility index (Phi) is 6.39. The van der Waals surface area contributed by atoms with Gasteiger partial charge in [-0.05, 0) is 33.1 Å². The van der Waals surface area contributed by atoms with E-state index in [1.54, 1.807) is 0 Å². The predicted octanol–water partition coefficient (Wildman–Crippen LogP) is 1.49. The van der Waals surface area contributed by atoms with Gasteiger partial charge in [-0.3, -0.25) is 19.2 Å². The number of thioether (sulfide) groups is 1. The number of rotatable bonds is 6. The maximum atomic E-state index is 12.1. The molecule has 0 aromatic heterocycles. The molecule has 1 amide bonds. The van der Waals surface area contributed by atoms with Gasteiger partial charge in [-0.25, -0.2) is 0 Å². The number of Topliss-reactive ketones (excluding diaryl/α,β-unsaturated/α-hetero) is 2. The molecule has 2 unspecified atom stereocenters. The minimum absolute atomic E-state index is 0.0411. The van der Waals surface area contributed by atoms with Gasteiger partial charge in [0.2, 0.25) is 5.91 Å². The Bertz CT molecular complexity index is 421. The Morgan fingerprint density at radius 1 is 1.15 bits per heavy atom. The Morgan fingerprint density at radius 2 is 1.80 bits per heavy atom. The Balaban J connectivity index is 2.51. The standard InChI is InChI=1S/C14H21NO4S/c1-8(16)6-13(9(2)17)15-14(19)11-4-5-12(7-11)20-10(3)18/h11-13H,4-7H2,1-3H3,(H,15,19)/t11?,12?,13-/m0/s1. The molecule has 20 heavy (non-hydrogen) atoms. The molecule has 1 N–H and O–H groups in total. The number of hydrogen-bond donors (Lipinski definition) is 1. The quantitative estimate of drug-likeness (QED) is 0.803. The van der Waals surface area contributed by atoms with Gasteiger partial charge in [0.05, 0.1) is 6.04 Å². The number of ketones is 2. The van der Waals surface area contributed by atoms with Gasteiger partial charge in [0.15, 0.2) is 10.9 Å². The lowest BCUT2D eigenvalue weighted by Crippen LogP contribution is -2.43. The summed E-state index contributed by atoms with van der Waals surface area (Å²) in [7, 11) is 0. The van der Waals surface area contributed by atoms with E-state index in [-0.39, 0.29) is 40.2 Å². The van der Waals surface area contributed by atoms with Gasteiger partial charge in [0, 0.05) is 24.5 Å². The van der Waals surface area contributed by atoms with Crippen LogP contribution in [0.3, 0.4) is 0 Å². The highest BCUT2D eigenvalue weighted by Crippen LogP contribution is 2.34. The molecule has 0 heterocycles. The molecule has 6 heteroatoms. The molecule has 1 rings (SSSR count). The molecule has 3 atom stereocenters. The largest absolute Gasteiger partial charge is 0.346 e. The molecule has 0 aromatic carbocycles. The maximum Gasteiger partial charge on any atom is 0.223 e. The highest BCUT2D eigenvalue weighted by Gasteiger charge is 2.32. The summed E-state index contributed by atoms with van der Waals surface area (Å²) in [4.78, 5) is 45.7. The van der Waals surface area contributed by atoms with Crippen LogP contribution in [-0.4, -0.2) is 33.9 Å². The zero-order chi connectivity index (χ0) is 15.3. The summed E-state index contributed by atoms with van der Waals surface area (Å²) in [6, 6.07) is -0.723. The first-order valence-corrected chi connectivity index (χ1v) is 7.65. The molecular weight excluding hydrogens is 278 g/mol. The molecule has 1 fully saturated rings. The van der Waals surface area contributed by atoms with Crippen LogP contribution in [0, 0.1) is 5.92 Å². The SMILES string of the molecule is CC(=O)C[C@H](NC(=O)C1CCC(SC(C)=O)C1)C(C)=O. The first kappa shape index (κ1) is 16.9. The summed E-state index contributed by atoms with van der Waals surface area (Å²) in [6.07, 6.45) is 2.25. The zero-order valence-electron chi connectivity index (χ0n) is 12.1. The summed E-state index contributed by atoms with van der Waals surface area (Å²) >= 11 is 1.28. The summed E-state index contributed by atoms with van der Waals surface area (Å²) in [5, 5.41) is 2.91. The first-order valence-electron chi connectivity index (χ1n) is 6.77. The highest BCUT2D eigenvalue weighted by molar-refractivity contribution is 8.14. The average molecular weight is 299 g/mol. The molecule has 112 valence electrons. The fraction of sp³-hybridized carbons (Fsp3) is 0.714. The van der Waals surface area contributed by atoms with Crippen molar-refractivity contribution in [2.24, 2.45) is 5.92 Å². The second kappa shape index (κ2) is 7.57. The van der Waals surface area contributed by atoms with E-state index >= 15 is 0 Å². The molecule has 0 radical (unpaired) electrons. The number of nitrogens with one attached hydrogen (secondary N) is 1. The van der Waals surface area contributed by atoms with Crippen molar-refractivity contribution in [1.82, 2.24) is 5.32 Å². The smallest absolute Gasteiger partial charge is 0.223 e. The molecule has 5 nitrogen and oxygen atoms in total. The second-order valence-electron chi connectivity index (χ2n) is 5.32. The van der Waals surface area contributed by atoms with Crippen molar-refractivity contribution in [2.45, 2.75) is 57.7 Å². The summed E-state index contributed by atoms with van der Waals surface area (Å²) in [5.74, 6) is -0.679. The van der Waals surface area contributed by atoms with Crippen molar-refractivity contribution >= 4 is 34.4 Å². The maximum absolute atomic E-state index is 12.1. The molecule has 0 aliphatic heterocycles. The van der Waals surface area contributed by atoms with Crippen molar-refractivity contribution in [3.63, 3.8) is 0 Å². The van der Waals surface area contributed by atoms with E-state index in [9.17, 15) is 19.2 Å². The van der Waals surface area contributed by atoms with Gasteiger partial charge in [-0.15, -0.1) is 0 Å².